The minimum absolute atomic E-state index is 0.152. The molecule has 2 unspecified atom stereocenters. The highest BCUT2D eigenvalue weighted by atomic mass is 16.3. The van der Waals surface area contributed by atoms with Crippen LogP contribution in [0.15, 0.2) is 47.0 Å². The van der Waals surface area contributed by atoms with Gasteiger partial charge in [-0.2, -0.15) is 0 Å². The molecule has 2 aliphatic carbocycles. The first-order valence-electron chi connectivity index (χ1n) is 8.02. The van der Waals surface area contributed by atoms with Crippen LogP contribution in [0.2, 0.25) is 0 Å². The molecule has 4 nitrogen and oxygen atoms in total. The van der Waals surface area contributed by atoms with E-state index in [1.807, 2.05) is 12.2 Å². The van der Waals surface area contributed by atoms with Crippen molar-refractivity contribution in [3.63, 3.8) is 0 Å². The van der Waals surface area contributed by atoms with E-state index in [-0.39, 0.29) is 41.0 Å². The van der Waals surface area contributed by atoms with Gasteiger partial charge in [0.2, 0.25) is 0 Å². The highest BCUT2D eigenvalue weighted by molar-refractivity contribution is 5.35. The van der Waals surface area contributed by atoms with Crippen molar-refractivity contribution in [2.75, 3.05) is 13.2 Å². The Morgan fingerprint density at radius 2 is 1.22 bits per heavy atom. The van der Waals surface area contributed by atoms with Crippen molar-refractivity contribution >= 4 is 0 Å². The van der Waals surface area contributed by atoms with Crippen molar-refractivity contribution in [1.82, 2.24) is 0 Å². The number of hydrogen-bond acceptors (Lipinski definition) is 4. The van der Waals surface area contributed by atoms with Crippen LogP contribution < -0.4 is 0 Å². The topological polar surface area (TPSA) is 80.9 Å². The van der Waals surface area contributed by atoms with Crippen LogP contribution in [-0.2, 0) is 0 Å². The Labute approximate surface area is 138 Å². The third kappa shape index (κ3) is 2.74. The van der Waals surface area contributed by atoms with Gasteiger partial charge in [0.25, 0.3) is 0 Å². The molecule has 128 valence electrons. The molecule has 2 atom stereocenters. The summed E-state index contributed by atoms with van der Waals surface area (Å²) in [5, 5.41) is 38.8. The van der Waals surface area contributed by atoms with Gasteiger partial charge in [0.15, 0.2) is 0 Å². The number of aliphatic hydroxyl groups excluding tert-OH is 4. The molecule has 0 radical (unpaired) electrons. The highest BCUT2D eigenvalue weighted by Gasteiger charge is 2.52. The molecule has 0 spiro atoms. The molecule has 0 fully saturated rings. The van der Waals surface area contributed by atoms with Crippen molar-refractivity contribution in [1.29, 1.82) is 0 Å². The summed E-state index contributed by atoms with van der Waals surface area (Å²) in [5.41, 5.74) is 0.503. The lowest BCUT2D eigenvalue weighted by molar-refractivity contribution is 0.0137. The Balaban J connectivity index is 2.39. The fraction of sp³-hybridized carbons (Fsp3) is 0.579. The van der Waals surface area contributed by atoms with Crippen LogP contribution in [0, 0.1) is 16.2 Å². The van der Waals surface area contributed by atoms with Crippen molar-refractivity contribution in [3.8, 4) is 0 Å². The van der Waals surface area contributed by atoms with Crippen molar-refractivity contribution in [2.45, 2.75) is 40.5 Å². The van der Waals surface area contributed by atoms with Crippen LogP contribution in [0.1, 0.15) is 40.5 Å². The van der Waals surface area contributed by atoms with E-state index in [9.17, 15) is 20.4 Å². The summed E-state index contributed by atoms with van der Waals surface area (Å²) in [6, 6.07) is 0. The van der Waals surface area contributed by atoms with Gasteiger partial charge >= 0.3 is 0 Å². The number of allylic oxidation sites excluding steroid dienone is 4. The third-order valence-electron chi connectivity index (χ3n) is 6.34. The second-order valence-corrected chi connectivity index (χ2v) is 7.77. The number of aliphatic hydroxyl groups is 4. The predicted octanol–water partition coefficient (Wildman–Crippen LogP) is 3.55. The molecule has 4 heteroatoms. The molecule has 2 aliphatic rings. The highest BCUT2D eigenvalue weighted by Crippen LogP contribution is 2.59. The second-order valence-electron chi connectivity index (χ2n) is 7.77. The van der Waals surface area contributed by atoms with E-state index in [1.165, 1.54) is 0 Å². The standard InChI is InChI=1S/C19H28O4/c1-17(2,18(3)7-5-15(22)13(9-18)11-20)19(4)8-6-16(23)14(10-19)12-21/h5-8,20-23H,9-12H2,1-4H3. The summed E-state index contributed by atoms with van der Waals surface area (Å²) in [7, 11) is 0. The van der Waals surface area contributed by atoms with Gasteiger partial charge in [0, 0.05) is 0 Å². The van der Waals surface area contributed by atoms with Crippen LogP contribution >= 0.6 is 0 Å². The molecule has 0 aliphatic heterocycles. The van der Waals surface area contributed by atoms with Crippen molar-refractivity contribution < 1.29 is 20.4 Å². The van der Waals surface area contributed by atoms with E-state index >= 15 is 0 Å². The monoisotopic (exact) mass is 320 g/mol. The molecule has 2 rings (SSSR count). The quantitative estimate of drug-likeness (QED) is 0.638. The maximum Gasteiger partial charge on any atom is 0.116 e. The van der Waals surface area contributed by atoms with E-state index < -0.39 is 0 Å². The van der Waals surface area contributed by atoms with E-state index in [0.717, 1.165) is 0 Å². The normalized spacial score (nSPS) is 31.9. The molecule has 4 N–H and O–H groups in total. The summed E-state index contributed by atoms with van der Waals surface area (Å²) in [6.45, 7) is 8.27. The molecule has 0 saturated heterocycles. The average Bonchev–Trinajstić information content (AvgIpc) is 2.52. The van der Waals surface area contributed by atoms with Crippen molar-refractivity contribution in [3.05, 3.63) is 47.0 Å². The van der Waals surface area contributed by atoms with Crippen molar-refractivity contribution in [2.24, 2.45) is 16.2 Å². The van der Waals surface area contributed by atoms with Gasteiger partial charge in [-0.05, 0) is 52.4 Å². The smallest absolute Gasteiger partial charge is 0.116 e. The zero-order valence-corrected chi connectivity index (χ0v) is 14.4. The molecule has 0 aromatic carbocycles. The number of hydrogen-bond donors (Lipinski definition) is 4. The first kappa shape index (κ1) is 17.8. The molecular weight excluding hydrogens is 292 g/mol. The fourth-order valence-corrected chi connectivity index (χ4v) is 3.73. The van der Waals surface area contributed by atoms with Gasteiger partial charge in [0.05, 0.1) is 13.2 Å². The Morgan fingerprint density at radius 1 is 0.870 bits per heavy atom. The van der Waals surface area contributed by atoms with E-state index in [0.29, 0.717) is 24.0 Å². The Kier molecular flexibility index (Phi) is 4.53. The van der Waals surface area contributed by atoms with Gasteiger partial charge in [-0.15, -0.1) is 0 Å². The maximum absolute atomic E-state index is 9.90. The first-order valence-corrected chi connectivity index (χ1v) is 8.02. The summed E-state index contributed by atoms with van der Waals surface area (Å²) in [6.07, 6.45) is 8.52. The zero-order valence-electron chi connectivity index (χ0n) is 14.4. The van der Waals surface area contributed by atoms with Crippen LogP contribution in [0.3, 0.4) is 0 Å². The lowest BCUT2D eigenvalue weighted by Crippen LogP contribution is -2.47. The molecular formula is C19H28O4. The van der Waals surface area contributed by atoms with Gasteiger partial charge in [-0.3, -0.25) is 0 Å². The second kappa shape index (κ2) is 5.84. The Hall–Kier alpha value is -1.52. The fourth-order valence-electron chi connectivity index (χ4n) is 3.73. The average molecular weight is 320 g/mol. The Morgan fingerprint density at radius 3 is 1.52 bits per heavy atom. The van der Waals surface area contributed by atoms with E-state index in [4.69, 9.17) is 0 Å². The molecule has 0 aromatic rings. The van der Waals surface area contributed by atoms with E-state index in [2.05, 4.69) is 27.7 Å². The molecule has 0 bridgehead atoms. The van der Waals surface area contributed by atoms with E-state index in [1.54, 1.807) is 12.2 Å². The van der Waals surface area contributed by atoms with Crippen LogP contribution in [-0.4, -0.2) is 33.6 Å². The summed E-state index contributed by atoms with van der Waals surface area (Å²) >= 11 is 0. The van der Waals surface area contributed by atoms with Crippen LogP contribution in [0.25, 0.3) is 0 Å². The molecule has 0 amide bonds. The zero-order chi connectivity index (χ0) is 17.5. The lowest BCUT2D eigenvalue weighted by atomic mass is 9.49. The summed E-state index contributed by atoms with van der Waals surface area (Å²) in [4.78, 5) is 0. The Bertz CT molecular complexity index is 557. The van der Waals surface area contributed by atoms with Gasteiger partial charge < -0.3 is 20.4 Å². The summed E-state index contributed by atoms with van der Waals surface area (Å²) in [5.74, 6) is 0.303. The largest absolute Gasteiger partial charge is 0.508 e. The third-order valence-corrected chi connectivity index (χ3v) is 6.34. The lowest BCUT2D eigenvalue weighted by Gasteiger charge is -2.55. The minimum Gasteiger partial charge on any atom is -0.508 e. The van der Waals surface area contributed by atoms with Gasteiger partial charge in [-0.25, -0.2) is 0 Å². The maximum atomic E-state index is 9.90. The van der Waals surface area contributed by atoms with Crippen LogP contribution in [0.5, 0.6) is 0 Å². The molecule has 0 saturated carbocycles. The first-order chi connectivity index (χ1) is 10.6. The summed E-state index contributed by atoms with van der Waals surface area (Å²) < 4.78 is 0. The number of rotatable bonds is 4. The van der Waals surface area contributed by atoms with Gasteiger partial charge in [0.1, 0.15) is 11.5 Å². The molecule has 23 heavy (non-hydrogen) atoms. The predicted molar refractivity (Wildman–Crippen MR) is 91.0 cm³/mol. The van der Waals surface area contributed by atoms with Gasteiger partial charge in [-0.1, -0.05) is 39.8 Å². The molecule has 0 heterocycles. The SMILES string of the molecule is CC1(C(C)(C)C2(C)C=CC(O)=C(CO)C2)C=CC(O)=C(CO)C1. The molecule has 0 aromatic heterocycles. The van der Waals surface area contributed by atoms with Crippen LogP contribution in [0.4, 0.5) is 0 Å². The minimum atomic E-state index is -0.274.